The zero-order valence-corrected chi connectivity index (χ0v) is 12.2. The summed E-state index contributed by atoms with van der Waals surface area (Å²) in [6, 6.07) is 9.43. The quantitative estimate of drug-likeness (QED) is 0.474. The number of hydrogen-bond donors (Lipinski definition) is 0. The van der Waals surface area contributed by atoms with Crippen LogP contribution in [0.3, 0.4) is 0 Å². The molecule has 1 amide bonds. The highest BCUT2D eigenvalue weighted by Gasteiger charge is 2.15. The summed E-state index contributed by atoms with van der Waals surface area (Å²) in [6.45, 7) is 4.35. The van der Waals surface area contributed by atoms with Crippen LogP contribution < -0.4 is 0 Å². The Balaban J connectivity index is 2.23. The van der Waals surface area contributed by atoms with Gasteiger partial charge in [-0.3, -0.25) is 4.79 Å². The van der Waals surface area contributed by atoms with Gasteiger partial charge in [-0.25, -0.2) is 4.98 Å². The summed E-state index contributed by atoms with van der Waals surface area (Å²) in [5.41, 5.74) is 0.384. The Morgan fingerprint density at radius 3 is 2.95 bits per heavy atom. The Morgan fingerprint density at radius 2 is 2.20 bits per heavy atom. The first-order chi connectivity index (χ1) is 9.63. The molecule has 0 aliphatic rings. The molecule has 0 saturated carbocycles. The van der Waals surface area contributed by atoms with Crippen molar-refractivity contribution in [2.75, 3.05) is 13.6 Å². The molecule has 2 rings (SSSR count). The summed E-state index contributed by atoms with van der Waals surface area (Å²) in [5.74, 6) is -0.110. The molecule has 20 heavy (non-hydrogen) atoms. The Bertz CT molecular complexity index is 639. The topological polar surface area (TPSA) is 33.2 Å². The summed E-state index contributed by atoms with van der Waals surface area (Å²) in [4.78, 5) is 18.2. The van der Waals surface area contributed by atoms with E-state index >= 15 is 0 Å². The molecule has 3 nitrogen and oxygen atoms in total. The lowest BCUT2D eigenvalue weighted by Crippen LogP contribution is -2.28. The monoisotopic (exact) mass is 288 g/mol. The number of pyridine rings is 1. The predicted octanol–water partition coefficient (Wildman–Crippen LogP) is 3.93. The van der Waals surface area contributed by atoms with Gasteiger partial charge >= 0.3 is 0 Å². The van der Waals surface area contributed by atoms with Gasteiger partial charge in [0.2, 0.25) is 0 Å². The van der Waals surface area contributed by atoms with Gasteiger partial charge in [0.1, 0.15) is 10.8 Å². The average Bonchev–Trinajstić information content (AvgIpc) is 2.46. The fraction of sp³-hybridized carbons (Fsp3) is 0.250. The van der Waals surface area contributed by atoms with Gasteiger partial charge in [0.25, 0.3) is 5.91 Å². The van der Waals surface area contributed by atoms with E-state index in [-0.39, 0.29) is 5.91 Å². The standard InChI is InChI=1S/C16H17ClN2O/c1-3-4-7-10-19(2)16(20)14-11-12-8-5-6-9-13(12)15(17)18-14/h3,5-6,8-9,11H,1,4,7,10H2,2H3. The van der Waals surface area contributed by atoms with Crippen molar-refractivity contribution in [2.24, 2.45) is 0 Å². The minimum absolute atomic E-state index is 0.110. The first kappa shape index (κ1) is 14.5. The third kappa shape index (κ3) is 3.17. The molecular weight excluding hydrogens is 272 g/mol. The van der Waals surface area contributed by atoms with Crippen molar-refractivity contribution in [2.45, 2.75) is 12.8 Å². The first-order valence-corrected chi connectivity index (χ1v) is 6.93. The summed E-state index contributed by atoms with van der Waals surface area (Å²) >= 11 is 6.14. The molecular formula is C16H17ClN2O. The van der Waals surface area contributed by atoms with Crippen LogP contribution in [0.4, 0.5) is 0 Å². The average molecular weight is 289 g/mol. The van der Waals surface area contributed by atoms with E-state index in [0.717, 1.165) is 23.6 Å². The number of hydrogen-bond acceptors (Lipinski definition) is 2. The van der Waals surface area contributed by atoms with Crippen molar-refractivity contribution in [1.82, 2.24) is 9.88 Å². The maximum absolute atomic E-state index is 12.3. The van der Waals surface area contributed by atoms with Gasteiger partial charge in [-0.05, 0) is 24.3 Å². The number of benzene rings is 1. The fourth-order valence-corrected chi connectivity index (χ4v) is 2.30. The van der Waals surface area contributed by atoms with Crippen molar-refractivity contribution in [3.63, 3.8) is 0 Å². The lowest BCUT2D eigenvalue weighted by Gasteiger charge is -2.16. The number of halogens is 1. The molecule has 2 aromatic rings. The van der Waals surface area contributed by atoms with E-state index in [0.29, 0.717) is 17.4 Å². The van der Waals surface area contributed by atoms with E-state index in [1.807, 2.05) is 30.3 Å². The second-order valence-corrected chi connectivity index (χ2v) is 5.04. The molecule has 1 aromatic carbocycles. The van der Waals surface area contributed by atoms with Crippen LogP contribution in [0.1, 0.15) is 23.3 Å². The number of carbonyl (C=O) groups excluding carboxylic acids is 1. The third-order valence-electron chi connectivity index (χ3n) is 3.16. The third-order valence-corrected chi connectivity index (χ3v) is 3.45. The summed E-state index contributed by atoms with van der Waals surface area (Å²) in [7, 11) is 1.77. The number of aromatic nitrogens is 1. The van der Waals surface area contributed by atoms with E-state index in [4.69, 9.17) is 11.6 Å². The van der Waals surface area contributed by atoms with Gasteiger partial charge in [-0.15, -0.1) is 6.58 Å². The number of carbonyl (C=O) groups is 1. The summed E-state index contributed by atoms with van der Waals surface area (Å²) in [5, 5.41) is 2.15. The second kappa shape index (κ2) is 6.53. The fourth-order valence-electron chi connectivity index (χ4n) is 2.04. The molecule has 0 bridgehead atoms. The van der Waals surface area contributed by atoms with E-state index in [1.165, 1.54) is 0 Å². The van der Waals surface area contributed by atoms with Crippen molar-refractivity contribution < 1.29 is 4.79 Å². The Labute approximate surface area is 123 Å². The van der Waals surface area contributed by atoms with E-state index in [2.05, 4.69) is 11.6 Å². The zero-order chi connectivity index (χ0) is 14.5. The number of fused-ring (bicyclic) bond motifs is 1. The van der Waals surface area contributed by atoms with Crippen molar-refractivity contribution in [3.05, 3.63) is 53.8 Å². The smallest absolute Gasteiger partial charge is 0.272 e. The minimum atomic E-state index is -0.110. The number of unbranched alkanes of at least 4 members (excludes halogenated alkanes) is 1. The Hall–Kier alpha value is -1.87. The Kier molecular flexibility index (Phi) is 4.74. The number of nitrogens with zero attached hydrogens (tertiary/aromatic N) is 2. The van der Waals surface area contributed by atoms with Gasteiger partial charge in [0.05, 0.1) is 0 Å². The first-order valence-electron chi connectivity index (χ1n) is 6.55. The molecule has 0 spiro atoms. The van der Waals surface area contributed by atoms with Crippen LogP contribution in [0.15, 0.2) is 43.0 Å². The zero-order valence-electron chi connectivity index (χ0n) is 11.5. The number of amides is 1. The molecule has 0 aliphatic carbocycles. The highest BCUT2D eigenvalue weighted by atomic mass is 35.5. The van der Waals surface area contributed by atoms with Crippen LogP contribution >= 0.6 is 11.6 Å². The van der Waals surface area contributed by atoms with Crippen LogP contribution in [0, 0.1) is 0 Å². The normalized spacial score (nSPS) is 10.5. The number of rotatable bonds is 5. The van der Waals surface area contributed by atoms with Crippen LogP contribution in [0.5, 0.6) is 0 Å². The van der Waals surface area contributed by atoms with Gasteiger partial charge in [0.15, 0.2) is 0 Å². The minimum Gasteiger partial charge on any atom is -0.340 e. The summed E-state index contributed by atoms with van der Waals surface area (Å²) in [6.07, 6.45) is 3.64. The maximum Gasteiger partial charge on any atom is 0.272 e. The van der Waals surface area contributed by atoms with E-state index in [9.17, 15) is 4.79 Å². The van der Waals surface area contributed by atoms with E-state index in [1.54, 1.807) is 18.0 Å². The van der Waals surface area contributed by atoms with Crippen molar-refractivity contribution >= 4 is 28.3 Å². The largest absolute Gasteiger partial charge is 0.340 e. The second-order valence-electron chi connectivity index (χ2n) is 4.68. The lowest BCUT2D eigenvalue weighted by molar-refractivity contribution is 0.0788. The molecule has 104 valence electrons. The Morgan fingerprint density at radius 1 is 1.45 bits per heavy atom. The van der Waals surface area contributed by atoms with Gasteiger partial charge < -0.3 is 4.90 Å². The van der Waals surface area contributed by atoms with Crippen LogP contribution in [0.25, 0.3) is 10.8 Å². The molecule has 1 heterocycles. The van der Waals surface area contributed by atoms with Gasteiger partial charge in [-0.2, -0.15) is 0 Å². The van der Waals surface area contributed by atoms with Crippen molar-refractivity contribution in [1.29, 1.82) is 0 Å². The molecule has 1 aromatic heterocycles. The molecule has 0 atom stereocenters. The molecule has 4 heteroatoms. The molecule has 0 fully saturated rings. The number of allylic oxidation sites excluding steroid dienone is 1. The highest BCUT2D eigenvalue weighted by molar-refractivity contribution is 6.34. The molecule has 0 saturated heterocycles. The molecule has 0 radical (unpaired) electrons. The van der Waals surface area contributed by atoms with Crippen LogP contribution in [-0.4, -0.2) is 29.4 Å². The highest BCUT2D eigenvalue weighted by Crippen LogP contribution is 2.22. The molecule has 0 N–H and O–H groups in total. The molecule has 0 unspecified atom stereocenters. The van der Waals surface area contributed by atoms with Gasteiger partial charge in [0, 0.05) is 19.0 Å². The van der Waals surface area contributed by atoms with Crippen LogP contribution in [0.2, 0.25) is 5.15 Å². The van der Waals surface area contributed by atoms with Crippen molar-refractivity contribution in [3.8, 4) is 0 Å². The predicted molar refractivity (Wildman–Crippen MR) is 83.1 cm³/mol. The van der Waals surface area contributed by atoms with Gasteiger partial charge in [-0.1, -0.05) is 41.9 Å². The lowest BCUT2D eigenvalue weighted by atomic mass is 10.1. The SMILES string of the molecule is C=CCCCN(C)C(=O)c1cc2ccccc2c(Cl)n1. The van der Waals surface area contributed by atoms with Crippen LogP contribution in [-0.2, 0) is 0 Å². The molecule has 0 aliphatic heterocycles. The van der Waals surface area contributed by atoms with E-state index < -0.39 is 0 Å². The maximum atomic E-state index is 12.3. The summed E-state index contributed by atoms with van der Waals surface area (Å²) < 4.78 is 0.